The average molecular weight is 240 g/mol. The number of carbonyl (C=O) groups excluding carboxylic acids is 1. The van der Waals surface area contributed by atoms with Crippen LogP contribution in [0.25, 0.3) is 0 Å². The number of aliphatic hydroxyl groups excluding tert-OH is 1. The summed E-state index contributed by atoms with van der Waals surface area (Å²) in [6, 6.07) is 0.151. The maximum atomic E-state index is 11.9. The standard InChI is InChI=1S/C11H16N2O2S/c14-8-9-3-1-2-5-13(9)7-10(15)11-12-4-6-16-11/h4,6,9,14H,1-3,5,7-8H2/t9-/m1/s1. The molecule has 0 aromatic carbocycles. The van der Waals surface area contributed by atoms with Crippen LogP contribution in [0.1, 0.15) is 29.1 Å². The maximum absolute atomic E-state index is 11.9. The number of carbonyl (C=O) groups is 1. The van der Waals surface area contributed by atoms with Crippen LogP contribution in [0.15, 0.2) is 11.6 Å². The Morgan fingerprint density at radius 3 is 3.19 bits per heavy atom. The highest BCUT2D eigenvalue weighted by Crippen LogP contribution is 2.17. The minimum absolute atomic E-state index is 0.0651. The molecule has 4 nitrogen and oxygen atoms in total. The molecule has 2 heterocycles. The van der Waals surface area contributed by atoms with E-state index in [0.717, 1.165) is 25.8 Å². The van der Waals surface area contributed by atoms with Crippen LogP contribution in [0.5, 0.6) is 0 Å². The molecule has 0 unspecified atom stereocenters. The Balaban J connectivity index is 1.95. The van der Waals surface area contributed by atoms with Crippen LogP contribution in [0.4, 0.5) is 0 Å². The number of aromatic nitrogens is 1. The van der Waals surface area contributed by atoms with Gasteiger partial charge in [-0.05, 0) is 19.4 Å². The molecule has 1 atom stereocenters. The topological polar surface area (TPSA) is 53.4 Å². The van der Waals surface area contributed by atoms with Gasteiger partial charge in [0.25, 0.3) is 0 Å². The number of aliphatic hydroxyl groups is 1. The lowest BCUT2D eigenvalue weighted by Crippen LogP contribution is -2.44. The van der Waals surface area contributed by atoms with E-state index in [-0.39, 0.29) is 18.4 Å². The highest BCUT2D eigenvalue weighted by atomic mass is 32.1. The molecule has 16 heavy (non-hydrogen) atoms. The van der Waals surface area contributed by atoms with E-state index in [1.807, 2.05) is 5.38 Å². The summed E-state index contributed by atoms with van der Waals surface area (Å²) in [5.74, 6) is 0.0651. The van der Waals surface area contributed by atoms with Crippen molar-refractivity contribution in [1.29, 1.82) is 0 Å². The summed E-state index contributed by atoms with van der Waals surface area (Å²) in [4.78, 5) is 17.9. The van der Waals surface area contributed by atoms with Gasteiger partial charge in [0.2, 0.25) is 5.78 Å². The van der Waals surface area contributed by atoms with E-state index in [9.17, 15) is 9.90 Å². The van der Waals surface area contributed by atoms with Crippen molar-refractivity contribution in [1.82, 2.24) is 9.88 Å². The Morgan fingerprint density at radius 2 is 2.50 bits per heavy atom. The van der Waals surface area contributed by atoms with Gasteiger partial charge in [-0.15, -0.1) is 11.3 Å². The summed E-state index contributed by atoms with van der Waals surface area (Å²) in [6.07, 6.45) is 4.90. The first-order valence-electron chi connectivity index (χ1n) is 5.59. The number of likely N-dealkylation sites (tertiary alicyclic amines) is 1. The molecular formula is C11H16N2O2S. The maximum Gasteiger partial charge on any atom is 0.205 e. The lowest BCUT2D eigenvalue weighted by atomic mass is 10.0. The van der Waals surface area contributed by atoms with Gasteiger partial charge in [-0.3, -0.25) is 9.69 Å². The molecule has 88 valence electrons. The van der Waals surface area contributed by atoms with Gasteiger partial charge >= 0.3 is 0 Å². The van der Waals surface area contributed by atoms with Crippen LogP contribution in [0, 0.1) is 0 Å². The van der Waals surface area contributed by atoms with Gasteiger partial charge in [0.1, 0.15) is 0 Å². The lowest BCUT2D eigenvalue weighted by molar-refractivity contribution is 0.0711. The van der Waals surface area contributed by atoms with Crippen LogP contribution < -0.4 is 0 Å². The van der Waals surface area contributed by atoms with E-state index < -0.39 is 0 Å². The molecule has 1 N–H and O–H groups in total. The van der Waals surface area contributed by atoms with E-state index >= 15 is 0 Å². The number of ketones is 1. The summed E-state index contributed by atoms with van der Waals surface area (Å²) >= 11 is 1.38. The molecule has 1 aromatic heterocycles. The van der Waals surface area contributed by atoms with E-state index in [4.69, 9.17) is 0 Å². The first-order valence-corrected chi connectivity index (χ1v) is 6.47. The minimum atomic E-state index is 0.0651. The molecule has 1 saturated heterocycles. The Bertz CT molecular complexity index is 340. The molecule has 1 fully saturated rings. The van der Waals surface area contributed by atoms with Gasteiger partial charge in [0.15, 0.2) is 5.01 Å². The van der Waals surface area contributed by atoms with Gasteiger partial charge in [-0.25, -0.2) is 4.98 Å². The Hall–Kier alpha value is -0.780. The van der Waals surface area contributed by atoms with Crippen molar-refractivity contribution >= 4 is 17.1 Å². The molecule has 1 aliphatic heterocycles. The quantitative estimate of drug-likeness (QED) is 0.803. The first kappa shape index (κ1) is 11.7. The summed E-state index contributed by atoms with van der Waals surface area (Å²) < 4.78 is 0. The molecule has 1 aromatic rings. The molecule has 0 amide bonds. The number of nitrogens with zero attached hydrogens (tertiary/aromatic N) is 2. The van der Waals surface area contributed by atoms with E-state index in [2.05, 4.69) is 9.88 Å². The van der Waals surface area contributed by atoms with E-state index in [0.29, 0.717) is 11.6 Å². The number of hydrogen-bond donors (Lipinski definition) is 1. The molecule has 0 saturated carbocycles. The summed E-state index contributed by atoms with van der Waals surface area (Å²) in [6.45, 7) is 1.44. The number of Topliss-reactive ketones (excluding diaryl/α,β-unsaturated/α-hetero) is 1. The Kier molecular flexibility index (Phi) is 4.04. The second-order valence-corrected chi connectivity index (χ2v) is 4.96. The zero-order valence-corrected chi connectivity index (χ0v) is 9.95. The third-order valence-corrected chi connectivity index (χ3v) is 3.79. The van der Waals surface area contributed by atoms with Gasteiger partial charge in [0.05, 0.1) is 13.2 Å². The first-order chi connectivity index (χ1) is 7.81. The van der Waals surface area contributed by atoms with Gasteiger partial charge in [0, 0.05) is 17.6 Å². The van der Waals surface area contributed by atoms with Crippen molar-refractivity contribution in [2.45, 2.75) is 25.3 Å². The summed E-state index contributed by atoms with van der Waals surface area (Å²) in [5.41, 5.74) is 0. The summed E-state index contributed by atoms with van der Waals surface area (Å²) in [5, 5.41) is 11.6. The third-order valence-electron chi connectivity index (χ3n) is 2.98. The zero-order chi connectivity index (χ0) is 11.4. The molecule has 1 aliphatic rings. The van der Waals surface area contributed by atoms with Crippen LogP contribution in [0.2, 0.25) is 0 Å². The molecule has 0 spiro atoms. The van der Waals surface area contributed by atoms with Crippen LogP contribution in [0.3, 0.4) is 0 Å². The van der Waals surface area contributed by atoms with E-state index in [1.165, 1.54) is 11.3 Å². The van der Waals surface area contributed by atoms with Gasteiger partial charge in [-0.2, -0.15) is 0 Å². The summed E-state index contributed by atoms with van der Waals surface area (Å²) in [7, 11) is 0. The van der Waals surface area contributed by atoms with E-state index in [1.54, 1.807) is 6.20 Å². The fourth-order valence-electron chi connectivity index (χ4n) is 2.09. The SMILES string of the molecule is O=C(CN1CCCC[C@@H]1CO)c1nccs1. The normalized spacial score (nSPS) is 22.2. The van der Waals surface area contributed by atoms with Gasteiger partial charge < -0.3 is 5.11 Å². The number of rotatable bonds is 4. The third kappa shape index (κ3) is 2.66. The largest absolute Gasteiger partial charge is 0.395 e. The lowest BCUT2D eigenvalue weighted by Gasteiger charge is -2.33. The second kappa shape index (κ2) is 5.52. The molecule has 0 aliphatic carbocycles. The van der Waals surface area contributed by atoms with Crippen LogP contribution >= 0.6 is 11.3 Å². The smallest absolute Gasteiger partial charge is 0.205 e. The molecule has 2 rings (SSSR count). The van der Waals surface area contributed by atoms with Crippen LogP contribution in [-0.4, -0.2) is 46.5 Å². The Morgan fingerprint density at radius 1 is 1.62 bits per heavy atom. The average Bonchev–Trinajstić information content (AvgIpc) is 2.83. The number of piperidine rings is 1. The van der Waals surface area contributed by atoms with Gasteiger partial charge in [-0.1, -0.05) is 6.42 Å². The molecule has 5 heteroatoms. The zero-order valence-electron chi connectivity index (χ0n) is 9.13. The van der Waals surface area contributed by atoms with Crippen molar-refractivity contribution in [3.8, 4) is 0 Å². The van der Waals surface area contributed by atoms with Crippen molar-refractivity contribution < 1.29 is 9.90 Å². The highest BCUT2D eigenvalue weighted by molar-refractivity contribution is 7.11. The molecule has 0 radical (unpaired) electrons. The molecule has 0 bridgehead atoms. The van der Waals surface area contributed by atoms with Crippen molar-refractivity contribution in [2.24, 2.45) is 0 Å². The Labute approximate surface area is 98.9 Å². The van der Waals surface area contributed by atoms with Crippen LogP contribution in [-0.2, 0) is 0 Å². The molecular weight excluding hydrogens is 224 g/mol. The van der Waals surface area contributed by atoms with Crippen molar-refractivity contribution in [2.75, 3.05) is 19.7 Å². The number of thiazole rings is 1. The fraction of sp³-hybridized carbons (Fsp3) is 0.636. The predicted molar refractivity (Wildman–Crippen MR) is 62.7 cm³/mol. The van der Waals surface area contributed by atoms with Crippen molar-refractivity contribution in [3.63, 3.8) is 0 Å². The fourth-order valence-corrected chi connectivity index (χ4v) is 2.66. The second-order valence-electron chi connectivity index (χ2n) is 4.06. The highest BCUT2D eigenvalue weighted by Gasteiger charge is 2.24. The predicted octanol–water partition coefficient (Wildman–Crippen LogP) is 1.17. The number of hydrogen-bond acceptors (Lipinski definition) is 5. The van der Waals surface area contributed by atoms with Crippen molar-refractivity contribution in [3.05, 3.63) is 16.6 Å². The monoisotopic (exact) mass is 240 g/mol. The minimum Gasteiger partial charge on any atom is -0.395 e.